The molecule has 1 heterocycles. The number of carboxylic acid groups (broad SMARTS) is 1. The number of carbonyl (C=O) groups is 1. The van der Waals surface area contributed by atoms with Gasteiger partial charge in [-0.1, -0.05) is 40.2 Å². The standard InChI is InChI=1S/C12H9Cl2N3O2S/c13-8-3-5-1-7(2-6(5)4-9(8)14)20-11-10(12(18)19)15-17-16-11/h3-4,7H,1-2H2,(H,18,19)(H,15,16,17). The Morgan fingerprint density at radius 3 is 2.45 bits per heavy atom. The minimum Gasteiger partial charge on any atom is -0.476 e. The third-order valence-corrected chi connectivity index (χ3v) is 5.04. The second-order valence-electron chi connectivity index (χ2n) is 4.48. The van der Waals surface area contributed by atoms with E-state index < -0.39 is 5.97 Å². The topological polar surface area (TPSA) is 78.9 Å². The summed E-state index contributed by atoms with van der Waals surface area (Å²) in [5.41, 5.74) is 2.33. The van der Waals surface area contributed by atoms with Crippen LogP contribution < -0.4 is 0 Å². The molecule has 8 heteroatoms. The molecule has 2 N–H and O–H groups in total. The fourth-order valence-corrected chi connectivity index (χ4v) is 3.81. The summed E-state index contributed by atoms with van der Waals surface area (Å²) < 4.78 is 0. The molecule has 1 aliphatic rings. The molecule has 104 valence electrons. The number of benzene rings is 1. The van der Waals surface area contributed by atoms with Crippen molar-refractivity contribution in [3.05, 3.63) is 39.0 Å². The molecule has 0 amide bonds. The predicted octanol–water partition coefficient (Wildman–Crippen LogP) is 3.07. The van der Waals surface area contributed by atoms with Gasteiger partial charge in [0.1, 0.15) is 0 Å². The minimum absolute atomic E-state index is 0.0296. The lowest BCUT2D eigenvalue weighted by Gasteiger charge is -2.05. The van der Waals surface area contributed by atoms with Crippen LogP contribution in [-0.4, -0.2) is 31.7 Å². The van der Waals surface area contributed by atoms with Crippen molar-refractivity contribution in [2.45, 2.75) is 23.1 Å². The van der Waals surface area contributed by atoms with Crippen LogP contribution in [0.3, 0.4) is 0 Å². The molecule has 1 aliphatic carbocycles. The van der Waals surface area contributed by atoms with E-state index in [1.165, 1.54) is 11.8 Å². The van der Waals surface area contributed by atoms with Gasteiger partial charge in [0.2, 0.25) is 0 Å². The van der Waals surface area contributed by atoms with Crippen LogP contribution in [0.4, 0.5) is 0 Å². The number of nitrogens with one attached hydrogen (secondary N) is 1. The normalized spacial score (nSPS) is 14.5. The third-order valence-electron chi connectivity index (χ3n) is 3.15. The van der Waals surface area contributed by atoms with Crippen LogP contribution in [0.25, 0.3) is 0 Å². The lowest BCUT2D eigenvalue weighted by Crippen LogP contribution is -2.04. The first-order valence-corrected chi connectivity index (χ1v) is 7.46. The number of hydrogen-bond acceptors (Lipinski definition) is 4. The van der Waals surface area contributed by atoms with Crippen molar-refractivity contribution >= 4 is 40.9 Å². The van der Waals surface area contributed by atoms with Crippen LogP contribution in [0.2, 0.25) is 10.0 Å². The molecule has 0 saturated carbocycles. The monoisotopic (exact) mass is 329 g/mol. The largest absolute Gasteiger partial charge is 0.476 e. The van der Waals surface area contributed by atoms with Crippen LogP contribution in [0.1, 0.15) is 21.6 Å². The number of aromatic nitrogens is 3. The fourth-order valence-electron chi connectivity index (χ4n) is 2.25. The Labute approximate surface area is 128 Å². The average Bonchev–Trinajstić information content (AvgIpc) is 2.97. The van der Waals surface area contributed by atoms with Crippen molar-refractivity contribution in [1.82, 2.24) is 15.4 Å². The van der Waals surface area contributed by atoms with Gasteiger partial charge in [0, 0.05) is 5.25 Å². The lowest BCUT2D eigenvalue weighted by molar-refractivity contribution is 0.0686. The number of aromatic carboxylic acids is 1. The summed E-state index contributed by atoms with van der Waals surface area (Å²) in [5.74, 6) is -1.06. The van der Waals surface area contributed by atoms with E-state index in [1.54, 1.807) is 0 Å². The smallest absolute Gasteiger partial charge is 0.356 e. The number of rotatable bonds is 3. The highest BCUT2D eigenvalue weighted by atomic mass is 35.5. The molecule has 1 aromatic carbocycles. The zero-order valence-corrected chi connectivity index (χ0v) is 12.4. The van der Waals surface area contributed by atoms with Crippen LogP contribution >= 0.6 is 35.0 Å². The zero-order valence-electron chi connectivity index (χ0n) is 10.1. The molecule has 0 saturated heterocycles. The summed E-state index contributed by atoms with van der Waals surface area (Å²) in [6.45, 7) is 0. The van der Waals surface area contributed by atoms with E-state index in [4.69, 9.17) is 28.3 Å². The molecule has 1 aromatic heterocycles. The Bertz CT molecular complexity index is 658. The third kappa shape index (κ3) is 2.51. The average molecular weight is 330 g/mol. The van der Waals surface area contributed by atoms with Gasteiger partial charge in [-0.2, -0.15) is 0 Å². The summed E-state index contributed by atoms with van der Waals surface area (Å²) in [7, 11) is 0. The van der Waals surface area contributed by atoms with Crippen molar-refractivity contribution in [3.8, 4) is 0 Å². The number of thioether (sulfide) groups is 1. The highest BCUT2D eigenvalue weighted by molar-refractivity contribution is 8.00. The van der Waals surface area contributed by atoms with Crippen LogP contribution in [0.5, 0.6) is 0 Å². The second-order valence-corrected chi connectivity index (χ2v) is 6.58. The zero-order chi connectivity index (χ0) is 14.3. The Morgan fingerprint density at radius 1 is 1.30 bits per heavy atom. The minimum atomic E-state index is -1.06. The molecule has 0 fully saturated rings. The van der Waals surface area contributed by atoms with Crippen molar-refractivity contribution in [2.24, 2.45) is 0 Å². The summed E-state index contributed by atoms with van der Waals surface area (Å²) in [4.78, 5) is 11.0. The van der Waals surface area contributed by atoms with Gasteiger partial charge in [-0.05, 0) is 36.1 Å². The molecule has 0 aliphatic heterocycles. The van der Waals surface area contributed by atoms with Crippen molar-refractivity contribution in [2.75, 3.05) is 0 Å². The molecule has 5 nitrogen and oxygen atoms in total. The fraction of sp³-hybridized carbons (Fsp3) is 0.250. The van der Waals surface area contributed by atoms with Gasteiger partial charge in [-0.15, -0.1) is 5.10 Å². The van der Waals surface area contributed by atoms with E-state index in [2.05, 4.69) is 15.4 Å². The Morgan fingerprint density at radius 2 is 1.90 bits per heavy atom. The quantitative estimate of drug-likeness (QED) is 0.904. The predicted molar refractivity (Wildman–Crippen MR) is 76.9 cm³/mol. The lowest BCUT2D eigenvalue weighted by atomic mass is 10.1. The van der Waals surface area contributed by atoms with Crippen LogP contribution in [-0.2, 0) is 12.8 Å². The summed E-state index contributed by atoms with van der Waals surface area (Å²) in [5, 5.41) is 20.5. The van der Waals surface area contributed by atoms with E-state index in [1.807, 2.05) is 12.1 Å². The van der Waals surface area contributed by atoms with Gasteiger partial charge in [-0.25, -0.2) is 4.79 Å². The highest BCUT2D eigenvalue weighted by Crippen LogP contribution is 2.37. The SMILES string of the molecule is O=C(O)c1[nH]nnc1SC1Cc2cc(Cl)c(Cl)cc2C1. The second kappa shape index (κ2) is 5.27. The molecular formula is C12H9Cl2N3O2S. The van der Waals surface area contributed by atoms with Crippen LogP contribution in [0.15, 0.2) is 17.2 Å². The van der Waals surface area contributed by atoms with Gasteiger partial charge in [-0.3, -0.25) is 5.10 Å². The molecule has 0 bridgehead atoms. The maximum Gasteiger partial charge on any atom is 0.356 e. The molecule has 20 heavy (non-hydrogen) atoms. The molecule has 0 unspecified atom stereocenters. The number of aromatic amines is 1. The van der Waals surface area contributed by atoms with E-state index in [0.717, 1.165) is 24.0 Å². The Hall–Kier alpha value is -1.24. The van der Waals surface area contributed by atoms with E-state index in [-0.39, 0.29) is 10.9 Å². The highest BCUT2D eigenvalue weighted by Gasteiger charge is 2.26. The molecule has 0 atom stereocenters. The maximum atomic E-state index is 11.0. The maximum absolute atomic E-state index is 11.0. The van der Waals surface area contributed by atoms with Gasteiger partial charge < -0.3 is 5.11 Å². The number of H-pyrrole nitrogens is 1. The van der Waals surface area contributed by atoms with Gasteiger partial charge >= 0.3 is 5.97 Å². The number of nitrogens with zero attached hydrogens (tertiary/aromatic N) is 2. The molecule has 2 aromatic rings. The Kier molecular flexibility index (Phi) is 3.62. The first-order chi connectivity index (χ1) is 9.54. The first-order valence-electron chi connectivity index (χ1n) is 5.82. The summed E-state index contributed by atoms with van der Waals surface area (Å²) in [6, 6.07) is 3.75. The Balaban J connectivity index is 1.79. The van der Waals surface area contributed by atoms with Crippen molar-refractivity contribution in [1.29, 1.82) is 0 Å². The number of halogens is 2. The molecular weight excluding hydrogens is 321 g/mol. The summed E-state index contributed by atoms with van der Waals surface area (Å²) >= 11 is 13.4. The number of carboxylic acids is 1. The molecule has 0 spiro atoms. The van der Waals surface area contributed by atoms with E-state index in [0.29, 0.717) is 15.1 Å². The van der Waals surface area contributed by atoms with Gasteiger partial charge in [0.25, 0.3) is 0 Å². The van der Waals surface area contributed by atoms with Crippen molar-refractivity contribution < 1.29 is 9.90 Å². The summed E-state index contributed by atoms with van der Waals surface area (Å²) in [6.07, 6.45) is 1.62. The van der Waals surface area contributed by atoms with E-state index >= 15 is 0 Å². The van der Waals surface area contributed by atoms with Gasteiger partial charge in [0.15, 0.2) is 10.7 Å². The first kappa shape index (κ1) is 13.7. The number of hydrogen-bond donors (Lipinski definition) is 2. The molecule has 3 rings (SSSR count). The van der Waals surface area contributed by atoms with Gasteiger partial charge in [0.05, 0.1) is 10.0 Å². The van der Waals surface area contributed by atoms with Crippen molar-refractivity contribution in [3.63, 3.8) is 0 Å². The number of fused-ring (bicyclic) bond motifs is 1. The molecule has 0 radical (unpaired) electrons. The van der Waals surface area contributed by atoms with E-state index in [9.17, 15) is 4.79 Å². The van der Waals surface area contributed by atoms with Crippen LogP contribution in [0, 0.1) is 0 Å².